The molecule has 0 saturated carbocycles. The standard InChI is InChI=1S/C14H9F4NOS/c15-11-6-5-8(21)7-9(11)13(20)19-12-4-2-1-3-10(12)14(16,17)18/h1-7,21H,(H,19,20). The molecule has 2 aromatic rings. The van der Waals surface area contributed by atoms with Crippen molar-refractivity contribution in [2.45, 2.75) is 11.1 Å². The quantitative estimate of drug-likeness (QED) is 0.625. The van der Waals surface area contributed by atoms with Crippen molar-refractivity contribution in [3.8, 4) is 0 Å². The van der Waals surface area contributed by atoms with Gasteiger partial charge in [-0.2, -0.15) is 13.2 Å². The van der Waals surface area contributed by atoms with E-state index in [0.29, 0.717) is 4.90 Å². The minimum absolute atomic E-state index is 0.325. The molecule has 0 fully saturated rings. The van der Waals surface area contributed by atoms with Crippen LogP contribution in [-0.2, 0) is 6.18 Å². The lowest BCUT2D eigenvalue weighted by atomic mass is 10.1. The van der Waals surface area contributed by atoms with Crippen molar-refractivity contribution in [1.29, 1.82) is 0 Å². The molecule has 7 heteroatoms. The molecular weight excluding hydrogens is 306 g/mol. The van der Waals surface area contributed by atoms with Gasteiger partial charge < -0.3 is 5.32 Å². The van der Waals surface area contributed by atoms with Gasteiger partial charge in [-0.25, -0.2) is 4.39 Å². The zero-order chi connectivity index (χ0) is 15.6. The van der Waals surface area contributed by atoms with E-state index in [1.807, 2.05) is 0 Å². The maximum absolute atomic E-state index is 13.5. The second kappa shape index (κ2) is 5.77. The largest absolute Gasteiger partial charge is 0.418 e. The Morgan fingerprint density at radius 1 is 1.10 bits per heavy atom. The van der Waals surface area contributed by atoms with Gasteiger partial charge in [0.1, 0.15) is 5.82 Å². The summed E-state index contributed by atoms with van der Waals surface area (Å²) in [7, 11) is 0. The van der Waals surface area contributed by atoms with Crippen molar-refractivity contribution < 1.29 is 22.4 Å². The molecule has 0 aliphatic heterocycles. The molecule has 0 unspecified atom stereocenters. The first-order valence-corrected chi connectivity index (χ1v) is 6.20. The maximum Gasteiger partial charge on any atom is 0.418 e. The summed E-state index contributed by atoms with van der Waals surface area (Å²) in [6, 6.07) is 7.98. The molecule has 0 saturated heterocycles. The van der Waals surface area contributed by atoms with E-state index in [1.165, 1.54) is 18.2 Å². The zero-order valence-electron chi connectivity index (χ0n) is 10.4. The maximum atomic E-state index is 13.5. The molecule has 0 radical (unpaired) electrons. The molecule has 0 bridgehead atoms. The fourth-order valence-electron chi connectivity index (χ4n) is 1.72. The summed E-state index contributed by atoms with van der Waals surface area (Å²) in [6.07, 6.45) is -4.62. The Morgan fingerprint density at radius 3 is 2.43 bits per heavy atom. The number of alkyl halides is 3. The number of carbonyl (C=O) groups excluding carboxylic acids is 1. The van der Waals surface area contributed by atoms with Crippen LogP contribution in [0.5, 0.6) is 0 Å². The highest BCUT2D eigenvalue weighted by molar-refractivity contribution is 7.80. The van der Waals surface area contributed by atoms with Crippen LogP contribution in [0.1, 0.15) is 15.9 Å². The van der Waals surface area contributed by atoms with E-state index in [1.54, 1.807) is 0 Å². The fourth-order valence-corrected chi connectivity index (χ4v) is 1.92. The van der Waals surface area contributed by atoms with Gasteiger partial charge in [0.15, 0.2) is 0 Å². The zero-order valence-corrected chi connectivity index (χ0v) is 11.3. The molecular formula is C14H9F4NOS. The van der Waals surface area contributed by atoms with Crippen LogP contribution in [0.15, 0.2) is 47.4 Å². The van der Waals surface area contributed by atoms with Gasteiger partial charge in [-0.05, 0) is 30.3 Å². The van der Waals surface area contributed by atoms with Crippen molar-refractivity contribution in [3.63, 3.8) is 0 Å². The van der Waals surface area contributed by atoms with E-state index >= 15 is 0 Å². The van der Waals surface area contributed by atoms with Crippen molar-refractivity contribution in [2.75, 3.05) is 5.32 Å². The third kappa shape index (κ3) is 3.55. The topological polar surface area (TPSA) is 29.1 Å². The minimum Gasteiger partial charge on any atom is -0.321 e. The van der Waals surface area contributed by atoms with Crippen LogP contribution in [0.4, 0.5) is 23.2 Å². The van der Waals surface area contributed by atoms with E-state index < -0.39 is 29.2 Å². The van der Waals surface area contributed by atoms with E-state index in [0.717, 1.165) is 24.3 Å². The first-order valence-electron chi connectivity index (χ1n) is 5.75. The Morgan fingerprint density at radius 2 is 1.76 bits per heavy atom. The van der Waals surface area contributed by atoms with Crippen LogP contribution in [0.2, 0.25) is 0 Å². The van der Waals surface area contributed by atoms with Gasteiger partial charge in [0.05, 0.1) is 16.8 Å². The van der Waals surface area contributed by atoms with Crippen LogP contribution < -0.4 is 5.32 Å². The molecule has 0 heterocycles. The Bertz CT molecular complexity index is 685. The van der Waals surface area contributed by atoms with Crippen LogP contribution in [0, 0.1) is 5.82 Å². The summed E-state index contributed by atoms with van der Waals surface area (Å²) < 4.78 is 52.0. The molecule has 1 amide bonds. The number of para-hydroxylation sites is 1. The lowest BCUT2D eigenvalue weighted by molar-refractivity contribution is -0.136. The summed E-state index contributed by atoms with van der Waals surface area (Å²) >= 11 is 3.96. The van der Waals surface area contributed by atoms with E-state index in [9.17, 15) is 22.4 Å². The Balaban J connectivity index is 2.35. The van der Waals surface area contributed by atoms with Gasteiger partial charge in [0, 0.05) is 4.90 Å². The first kappa shape index (κ1) is 15.4. The predicted molar refractivity (Wildman–Crippen MR) is 73.0 cm³/mol. The summed E-state index contributed by atoms with van der Waals surface area (Å²) in [5, 5.41) is 2.07. The van der Waals surface area contributed by atoms with Gasteiger partial charge in [0.2, 0.25) is 0 Å². The minimum atomic E-state index is -4.62. The number of anilines is 1. The highest BCUT2D eigenvalue weighted by Gasteiger charge is 2.33. The fraction of sp³-hybridized carbons (Fsp3) is 0.0714. The van der Waals surface area contributed by atoms with Gasteiger partial charge in [0.25, 0.3) is 5.91 Å². The molecule has 21 heavy (non-hydrogen) atoms. The molecule has 1 N–H and O–H groups in total. The van der Waals surface area contributed by atoms with E-state index in [4.69, 9.17) is 0 Å². The lowest BCUT2D eigenvalue weighted by Gasteiger charge is -2.13. The summed E-state index contributed by atoms with van der Waals surface area (Å²) in [6.45, 7) is 0. The van der Waals surface area contributed by atoms with Crippen LogP contribution in [0.25, 0.3) is 0 Å². The summed E-state index contributed by atoms with van der Waals surface area (Å²) in [4.78, 5) is 12.2. The monoisotopic (exact) mass is 315 g/mol. The van der Waals surface area contributed by atoms with Crippen molar-refractivity contribution >= 4 is 24.2 Å². The summed E-state index contributed by atoms with van der Waals surface area (Å²) in [5.41, 5.74) is -1.81. The van der Waals surface area contributed by atoms with Gasteiger partial charge >= 0.3 is 6.18 Å². The Kier molecular flexibility index (Phi) is 4.22. The smallest absolute Gasteiger partial charge is 0.321 e. The molecule has 110 valence electrons. The van der Waals surface area contributed by atoms with Crippen molar-refractivity contribution in [2.24, 2.45) is 0 Å². The predicted octanol–water partition coefficient (Wildman–Crippen LogP) is 4.39. The van der Waals surface area contributed by atoms with Crippen LogP contribution >= 0.6 is 12.6 Å². The first-order chi connectivity index (χ1) is 9.79. The average molecular weight is 315 g/mol. The number of hydrogen-bond donors (Lipinski definition) is 2. The third-order valence-electron chi connectivity index (χ3n) is 2.68. The highest BCUT2D eigenvalue weighted by atomic mass is 32.1. The highest BCUT2D eigenvalue weighted by Crippen LogP contribution is 2.34. The number of thiol groups is 1. The SMILES string of the molecule is O=C(Nc1ccccc1C(F)(F)F)c1cc(S)ccc1F. The Hall–Kier alpha value is -2.02. The molecule has 2 aromatic carbocycles. The van der Waals surface area contributed by atoms with E-state index in [-0.39, 0.29) is 5.56 Å². The average Bonchev–Trinajstić information content (AvgIpc) is 2.41. The number of rotatable bonds is 2. The van der Waals surface area contributed by atoms with Crippen LogP contribution in [-0.4, -0.2) is 5.91 Å². The van der Waals surface area contributed by atoms with Gasteiger partial charge in [-0.1, -0.05) is 12.1 Å². The number of carbonyl (C=O) groups is 1. The second-order valence-electron chi connectivity index (χ2n) is 4.16. The van der Waals surface area contributed by atoms with Gasteiger partial charge in [-0.15, -0.1) is 12.6 Å². The third-order valence-corrected chi connectivity index (χ3v) is 2.95. The van der Waals surface area contributed by atoms with Crippen molar-refractivity contribution in [3.05, 3.63) is 59.4 Å². The number of benzene rings is 2. The van der Waals surface area contributed by atoms with Crippen molar-refractivity contribution in [1.82, 2.24) is 0 Å². The number of hydrogen-bond acceptors (Lipinski definition) is 2. The molecule has 0 aliphatic rings. The molecule has 2 nitrogen and oxygen atoms in total. The Labute approximate surface area is 123 Å². The normalized spacial score (nSPS) is 11.3. The molecule has 0 atom stereocenters. The number of nitrogens with one attached hydrogen (secondary N) is 1. The summed E-state index contributed by atoms with van der Waals surface area (Å²) in [5.74, 6) is -1.81. The number of halogens is 4. The molecule has 0 aliphatic carbocycles. The molecule has 2 rings (SSSR count). The van der Waals surface area contributed by atoms with Gasteiger partial charge in [-0.3, -0.25) is 4.79 Å². The molecule has 0 spiro atoms. The van der Waals surface area contributed by atoms with E-state index in [2.05, 4.69) is 17.9 Å². The molecule has 0 aromatic heterocycles. The lowest BCUT2D eigenvalue weighted by Crippen LogP contribution is -2.17. The second-order valence-corrected chi connectivity index (χ2v) is 4.68. The van der Waals surface area contributed by atoms with Crippen LogP contribution in [0.3, 0.4) is 0 Å². The number of amides is 1.